The Bertz CT molecular complexity index is 877. The predicted molar refractivity (Wildman–Crippen MR) is 112 cm³/mol. The number of hydrogen-bond donors (Lipinski definition) is 1. The van der Waals surface area contributed by atoms with Gasteiger partial charge in [0.2, 0.25) is 5.91 Å². The van der Waals surface area contributed by atoms with Crippen LogP contribution < -0.4 is 10.2 Å². The highest BCUT2D eigenvalue weighted by atomic mass is 16.5. The number of morpholine rings is 1. The quantitative estimate of drug-likeness (QED) is 0.820. The zero-order chi connectivity index (χ0) is 20.1. The molecule has 2 fully saturated rings. The number of nitrogens with zero attached hydrogens (tertiary/aromatic N) is 2. The molecule has 0 radical (unpaired) electrons. The number of carbonyl (C=O) groups excluding carboxylic acids is 2. The van der Waals surface area contributed by atoms with Gasteiger partial charge in [0.1, 0.15) is 0 Å². The Hall–Kier alpha value is -2.70. The maximum absolute atomic E-state index is 12.9. The molecule has 4 rings (SSSR count). The topological polar surface area (TPSA) is 61.9 Å². The maximum Gasteiger partial charge on any atom is 0.251 e. The molecule has 2 aromatic carbocycles. The first-order valence-corrected chi connectivity index (χ1v) is 10.3. The van der Waals surface area contributed by atoms with Crippen molar-refractivity contribution in [2.45, 2.75) is 25.9 Å². The summed E-state index contributed by atoms with van der Waals surface area (Å²) in [4.78, 5) is 29.0. The van der Waals surface area contributed by atoms with Crippen LogP contribution in [0.25, 0.3) is 0 Å². The van der Waals surface area contributed by atoms with Crippen molar-refractivity contribution in [1.29, 1.82) is 0 Å². The van der Waals surface area contributed by atoms with Gasteiger partial charge in [-0.2, -0.15) is 0 Å². The van der Waals surface area contributed by atoms with Crippen LogP contribution in [0.1, 0.15) is 34.3 Å². The minimum atomic E-state index is -0.0727. The largest absolute Gasteiger partial charge is 0.379 e. The molecule has 2 aromatic rings. The van der Waals surface area contributed by atoms with Crippen LogP contribution in [0.5, 0.6) is 0 Å². The third-order valence-corrected chi connectivity index (χ3v) is 5.51. The van der Waals surface area contributed by atoms with Crippen LogP contribution in [0.15, 0.2) is 48.5 Å². The molecule has 1 N–H and O–H groups in total. The van der Waals surface area contributed by atoms with E-state index in [-0.39, 0.29) is 11.8 Å². The molecular weight excluding hydrogens is 366 g/mol. The molecule has 152 valence electrons. The Labute approximate surface area is 171 Å². The van der Waals surface area contributed by atoms with Crippen molar-refractivity contribution in [2.24, 2.45) is 0 Å². The van der Waals surface area contributed by atoms with Crippen molar-refractivity contribution in [3.05, 3.63) is 65.2 Å². The molecule has 0 saturated carbocycles. The zero-order valence-electron chi connectivity index (χ0n) is 16.6. The summed E-state index contributed by atoms with van der Waals surface area (Å²) in [5.74, 6) is 0.0970. The lowest BCUT2D eigenvalue weighted by molar-refractivity contribution is -0.117. The molecule has 6 heteroatoms. The fourth-order valence-electron chi connectivity index (χ4n) is 3.91. The number of hydrogen-bond acceptors (Lipinski definition) is 4. The fourth-order valence-corrected chi connectivity index (χ4v) is 3.91. The van der Waals surface area contributed by atoms with Gasteiger partial charge >= 0.3 is 0 Å². The zero-order valence-corrected chi connectivity index (χ0v) is 16.6. The number of rotatable bonds is 6. The van der Waals surface area contributed by atoms with E-state index in [0.717, 1.165) is 62.6 Å². The molecule has 29 heavy (non-hydrogen) atoms. The summed E-state index contributed by atoms with van der Waals surface area (Å²) in [6.45, 7) is 5.20. The number of ether oxygens (including phenoxy) is 1. The van der Waals surface area contributed by atoms with E-state index >= 15 is 0 Å². The summed E-state index contributed by atoms with van der Waals surface area (Å²) in [5.41, 5.74) is 3.64. The summed E-state index contributed by atoms with van der Waals surface area (Å²) in [6, 6.07) is 15.6. The summed E-state index contributed by atoms with van der Waals surface area (Å²) in [7, 11) is 0. The van der Waals surface area contributed by atoms with Crippen molar-refractivity contribution in [3.8, 4) is 0 Å². The van der Waals surface area contributed by atoms with Gasteiger partial charge in [0.25, 0.3) is 5.91 Å². The van der Waals surface area contributed by atoms with Gasteiger partial charge in [-0.3, -0.25) is 14.5 Å². The predicted octanol–water partition coefficient (Wildman–Crippen LogP) is 2.58. The van der Waals surface area contributed by atoms with Crippen molar-refractivity contribution < 1.29 is 14.3 Å². The van der Waals surface area contributed by atoms with E-state index < -0.39 is 0 Å². The van der Waals surface area contributed by atoms with Crippen molar-refractivity contribution in [1.82, 2.24) is 10.2 Å². The van der Waals surface area contributed by atoms with Gasteiger partial charge in [0.15, 0.2) is 0 Å². The maximum atomic E-state index is 12.9. The number of carbonyl (C=O) groups is 2. The van der Waals surface area contributed by atoms with Gasteiger partial charge in [-0.05, 0) is 35.7 Å². The van der Waals surface area contributed by atoms with Crippen molar-refractivity contribution >= 4 is 17.5 Å². The number of benzene rings is 2. The van der Waals surface area contributed by atoms with E-state index in [1.54, 1.807) is 0 Å². The van der Waals surface area contributed by atoms with E-state index in [0.29, 0.717) is 18.5 Å². The summed E-state index contributed by atoms with van der Waals surface area (Å²) >= 11 is 0. The standard InChI is InChI=1S/C23H27N3O3/c27-22-9-4-10-26(22)20-7-3-5-18(15-20)16-24-23(28)21-8-2-1-6-19(21)17-25-11-13-29-14-12-25/h1-3,5-8,15H,4,9-14,16-17H2,(H,24,28). The summed E-state index contributed by atoms with van der Waals surface area (Å²) in [6.07, 6.45) is 1.51. The average Bonchev–Trinajstić information content (AvgIpc) is 3.19. The van der Waals surface area contributed by atoms with E-state index in [4.69, 9.17) is 4.74 Å². The molecule has 2 aliphatic heterocycles. The van der Waals surface area contributed by atoms with Gasteiger partial charge < -0.3 is 15.0 Å². The first-order chi connectivity index (χ1) is 14.2. The molecule has 0 unspecified atom stereocenters. The van der Waals surface area contributed by atoms with E-state index in [9.17, 15) is 9.59 Å². The molecule has 2 heterocycles. The van der Waals surface area contributed by atoms with Crippen LogP contribution in [0.3, 0.4) is 0 Å². The molecular formula is C23H27N3O3. The number of nitrogens with one attached hydrogen (secondary N) is 1. The number of anilines is 1. The van der Waals surface area contributed by atoms with Crippen molar-refractivity contribution in [2.75, 3.05) is 37.7 Å². The SMILES string of the molecule is O=C(NCc1cccc(N2CCCC2=O)c1)c1ccccc1CN1CCOCC1. The minimum Gasteiger partial charge on any atom is -0.379 e. The normalized spacial score (nSPS) is 17.5. The highest BCUT2D eigenvalue weighted by Gasteiger charge is 2.22. The van der Waals surface area contributed by atoms with Crippen molar-refractivity contribution in [3.63, 3.8) is 0 Å². The lowest BCUT2D eigenvalue weighted by atomic mass is 10.1. The lowest BCUT2D eigenvalue weighted by Crippen LogP contribution is -2.36. The number of amides is 2. The van der Waals surface area contributed by atoms with Crippen LogP contribution in [0.4, 0.5) is 5.69 Å². The molecule has 0 atom stereocenters. The monoisotopic (exact) mass is 393 g/mol. The molecule has 0 aromatic heterocycles. The lowest BCUT2D eigenvalue weighted by Gasteiger charge is -2.27. The fraction of sp³-hybridized carbons (Fsp3) is 0.391. The first kappa shape index (κ1) is 19.6. The highest BCUT2D eigenvalue weighted by Crippen LogP contribution is 2.22. The van der Waals surface area contributed by atoms with Gasteiger partial charge in [-0.25, -0.2) is 0 Å². The Kier molecular flexibility index (Phi) is 6.22. The third kappa shape index (κ3) is 4.83. The molecule has 2 aliphatic rings. The van der Waals surface area contributed by atoms with E-state index in [2.05, 4.69) is 10.2 Å². The first-order valence-electron chi connectivity index (χ1n) is 10.3. The van der Waals surface area contributed by atoms with Crippen LogP contribution >= 0.6 is 0 Å². The molecule has 2 saturated heterocycles. The second-order valence-electron chi connectivity index (χ2n) is 7.55. The van der Waals surface area contributed by atoms with Crippen LogP contribution in [0.2, 0.25) is 0 Å². The Balaban J connectivity index is 1.40. The summed E-state index contributed by atoms with van der Waals surface area (Å²) in [5, 5.41) is 3.04. The second-order valence-corrected chi connectivity index (χ2v) is 7.55. The van der Waals surface area contributed by atoms with Crippen LogP contribution in [0, 0.1) is 0 Å². The third-order valence-electron chi connectivity index (χ3n) is 5.51. The molecule has 0 bridgehead atoms. The Morgan fingerprint density at radius 2 is 1.86 bits per heavy atom. The molecule has 6 nitrogen and oxygen atoms in total. The molecule has 2 amide bonds. The van der Waals surface area contributed by atoms with Gasteiger partial charge in [0.05, 0.1) is 13.2 Å². The molecule has 0 spiro atoms. The van der Waals surface area contributed by atoms with Gasteiger partial charge in [-0.1, -0.05) is 30.3 Å². The minimum absolute atomic E-state index is 0.0727. The Morgan fingerprint density at radius 3 is 2.66 bits per heavy atom. The van der Waals surface area contributed by atoms with E-state index in [1.807, 2.05) is 53.4 Å². The van der Waals surface area contributed by atoms with Gasteiger partial charge in [0, 0.05) is 50.4 Å². The average molecular weight is 393 g/mol. The molecule has 0 aliphatic carbocycles. The van der Waals surface area contributed by atoms with Crippen LogP contribution in [-0.2, 0) is 22.6 Å². The Morgan fingerprint density at radius 1 is 1.03 bits per heavy atom. The summed E-state index contributed by atoms with van der Waals surface area (Å²) < 4.78 is 5.41. The smallest absolute Gasteiger partial charge is 0.251 e. The second kappa shape index (κ2) is 9.20. The van der Waals surface area contributed by atoms with E-state index in [1.165, 1.54) is 0 Å². The highest BCUT2D eigenvalue weighted by molar-refractivity contribution is 5.96. The van der Waals surface area contributed by atoms with Gasteiger partial charge in [-0.15, -0.1) is 0 Å². The van der Waals surface area contributed by atoms with Crippen LogP contribution in [-0.4, -0.2) is 49.6 Å².